The molecule has 0 aromatic carbocycles. The lowest BCUT2D eigenvalue weighted by atomic mass is 9.99. The molecule has 0 heteroatoms. The third-order valence-electron chi connectivity index (χ3n) is 2.49. The molecule has 0 heterocycles. The van der Waals surface area contributed by atoms with Crippen molar-refractivity contribution in [3.8, 4) is 0 Å². The van der Waals surface area contributed by atoms with E-state index >= 15 is 0 Å². The molecule has 13 heavy (non-hydrogen) atoms. The van der Waals surface area contributed by atoms with Crippen molar-refractivity contribution in [2.45, 2.75) is 41.0 Å². The largest absolute Gasteiger partial charge is 0.0988 e. The summed E-state index contributed by atoms with van der Waals surface area (Å²) in [4.78, 5) is 0. The first-order valence-corrected chi connectivity index (χ1v) is 5.03. The second-order valence-corrected chi connectivity index (χ2v) is 3.82. The van der Waals surface area contributed by atoms with E-state index in [-0.39, 0.29) is 0 Å². The monoisotopic (exact) mass is 178 g/mol. The highest BCUT2D eigenvalue weighted by molar-refractivity contribution is 5.31. The number of rotatable bonds is 4. The maximum absolute atomic E-state index is 3.83. The van der Waals surface area contributed by atoms with Gasteiger partial charge < -0.3 is 0 Å². The standard InChI is InChI=1S/C13H22/c1-7-11(5)12(6)9-13(8-2)10(3)4/h8-10H,2,7H2,1,3-6H3/b12-11+,13-9+. The molecule has 0 saturated carbocycles. The molecule has 0 fully saturated rings. The Bertz CT molecular complexity index is 226. The molecule has 0 radical (unpaired) electrons. The molecule has 0 rings (SSSR count). The summed E-state index contributed by atoms with van der Waals surface area (Å²) < 4.78 is 0. The zero-order valence-electron chi connectivity index (χ0n) is 9.65. The lowest BCUT2D eigenvalue weighted by molar-refractivity contribution is 0.790. The molecule has 0 saturated heterocycles. The molecule has 0 amide bonds. The lowest BCUT2D eigenvalue weighted by Crippen LogP contribution is -1.91. The topological polar surface area (TPSA) is 0 Å². The number of hydrogen-bond acceptors (Lipinski definition) is 0. The molecule has 0 aliphatic rings. The number of hydrogen-bond donors (Lipinski definition) is 0. The van der Waals surface area contributed by atoms with Crippen molar-refractivity contribution in [1.82, 2.24) is 0 Å². The molecular weight excluding hydrogens is 156 g/mol. The van der Waals surface area contributed by atoms with Crippen LogP contribution in [0.5, 0.6) is 0 Å². The van der Waals surface area contributed by atoms with E-state index in [0.717, 1.165) is 6.42 Å². The van der Waals surface area contributed by atoms with Gasteiger partial charge in [-0.25, -0.2) is 0 Å². The van der Waals surface area contributed by atoms with Crippen molar-refractivity contribution in [3.63, 3.8) is 0 Å². The van der Waals surface area contributed by atoms with E-state index in [1.165, 1.54) is 16.7 Å². The van der Waals surface area contributed by atoms with Gasteiger partial charge in [-0.15, -0.1) is 0 Å². The summed E-state index contributed by atoms with van der Waals surface area (Å²) in [7, 11) is 0. The lowest BCUT2D eigenvalue weighted by Gasteiger charge is -2.07. The van der Waals surface area contributed by atoms with Crippen LogP contribution < -0.4 is 0 Å². The smallest absolute Gasteiger partial charge is 0.0219 e. The van der Waals surface area contributed by atoms with Gasteiger partial charge in [0.05, 0.1) is 0 Å². The maximum atomic E-state index is 3.83. The van der Waals surface area contributed by atoms with Crippen LogP contribution in [0.25, 0.3) is 0 Å². The van der Waals surface area contributed by atoms with Crippen molar-refractivity contribution in [1.29, 1.82) is 0 Å². The van der Waals surface area contributed by atoms with E-state index in [1.54, 1.807) is 0 Å². The quantitative estimate of drug-likeness (QED) is 0.556. The van der Waals surface area contributed by atoms with Gasteiger partial charge in [0.2, 0.25) is 0 Å². The van der Waals surface area contributed by atoms with Crippen LogP contribution in [0.1, 0.15) is 41.0 Å². The summed E-state index contributed by atoms with van der Waals surface area (Å²) in [6.45, 7) is 14.8. The Hall–Kier alpha value is -0.780. The van der Waals surface area contributed by atoms with Crippen LogP contribution in [0.2, 0.25) is 0 Å². The molecule has 74 valence electrons. The molecule has 0 aliphatic heterocycles. The minimum absolute atomic E-state index is 0.567. The molecule has 0 aromatic heterocycles. The summed E-state index contributed by atoms with van der Waals surface area (Å²) in [5, 5.41) is 0. The predicted molar refractivity (Wildman–Crippen MR) is 61.8 cm³/mol. The summed E-state index contributed by atoms with van der Waals surface area (Å²) in [6.07, 6.45) is 5.33. The van der Waals surface area contributed by atoms with Gasteiger partial charge in [-0.3, -0.25) is 0 Å². The van der Waals surface area contributed by atoms with E-state index in [2.05, 4.69) is 47.3 Å². The van der Waals surface area contributed by atoms with E-state index in [4.69, 9.17) is 0 Å². The summed E-state index contributed by atoms with van der Waals surface area (Å²) >= 11 is 0. The van der Waals surface area contributed by atoms with Crippen molar-refractivity contribution in [2.75, 3.05) is 0 Å². The molecule has 0 aliphatic carbocycles. The molecule has 0 aromatic rings. The van der Waals surface area contributed by atoms with Crippen molar-refractivity contribution >= 4 is 0 Å². The van der Waals surface area contributed by atoms with Crippen molar-refractivity contribution in [3.05, 3.63) is 35.5 Å². The van der Waals surface area contributed by atoms with Gasteiger partial charge in [0.25, 0.3) is 0 Å². The highest BCUT2D eigenvalue weighted by Crippen LogP contribution is 2.16. The highest BCUT2D eigenvalue weighted by Gasteiger charge is 1.99. The van der Waals surface area contributed by atoms with Gasteiger partial charge in [0.1, 0.15) is 0 Å². The van der Waals surface area contributed by atoms with Crippen LogP contribution >= 0.6 is 0 Å². The molecule has 0 bridgehead atoms. The Morgan fingerprint density at radius 2 is 1.85 bits per heavy atom. The van der Waals surface area contributed by atoms with Crippen LogP contribution in [0.4, 0.5) is 0 Å². The normalized spacial score (nSPS) is 14.5. The van der Waals surface area contributed by atoms with Crippen LogP contribution in [-0.2, 0) is 0 Å². The molecular formula is C13H22. The number of allylic oxidation sites excluding steroid dienone is 5. The average Bonchev–Trinajstić information content (AvgIpc) is 2.11. The Morgan fingerprint density at radius 1 is 1.31 bits per heavy atom. The molecule has 0 atom stereocenters. The fourth-order valence-electron chi connectivity index (χ4n) is 1.11. The van der Waals surface area contributed by atoms with Gasteiger partial charge in [0.15, 0.2) is 0 Å². The third kappa shape index (κ3) is 4.12. The third-order valence-corrected chi connectivity index (χ3v) is 2.49. The first-order valence-electron chi connectivity index (χ1n) is 5.03. The minimum Gasteiger partial charge on any atom is -0.0988 e. The van der Waals surface area contributed by atoms with Gasteiger partial charge in [-0.2, -0.15) is 0 Å². The SMILES string of the molecule is C=C/C(=C\C(C)=C(/C)CC)C(C)C. The van der Waals surface area contributed by atoms with Gasteiger partial charge >= 0.3 is 0 Å². The van der Waals surface area contributed by atoms with Crippen molar-refractivity contribution < 1.29 is 0 Å². The van der Waals surface area contributed by atoms with Crippen LogP contribution in [0.15, 0.2) is 35.5 Å². The first kappa shape index (κ1) is 12.2. The Kier molecular flexibility index (Phi) is 5.45. The fraction of sp³-hybridized carbons (Fsp3) is 0.538. The maximum Gasteiger partial charge on any atom is -0.0219 e. The molecule has 0 nitrogen and oxygen atoms in total. The summed E-state index contributed by atoms with van der Waals surface area (Å²) in [6, 6.07) is 0. The van der Waals surface area contributed by atoms with Crippen molar-refractivity contribution in [2.24, 2.45) is 5.92 Å². The second kappa shape index (κ2) is 5.80. The van der Waals surface area contributed by atoms with Gasteiger partial charge in [-0.05, 0) is 31.8 Å². The summed E-state index contributed by atoms with van der Waals surface area (Å²) in [5.41, 5.74) is 4.16. The predicted octanol–water partition coefficient (Wildman–Crippen LogP) is 4.50. The Labute approximate surface area is 83.0 Å². The molecule has 0 unspecified atom stereocenters. The zero-order valence-corrected chi connectivity index (χ0v) is 9.65. The van der Waals surface area contributed by atoms with E-state index in [1.807, 2.05) is 6.08 Å². The van der Waals surface area contributed by atoms with Crippen LogP contribution in [0, 0.1) is 5.92 Å². The van der Waals surface area contributed by atoms with Crippen LogP contribution in [0.3, 0.4) is 0 Å². The Balaban J connectivity index is 4.80. The minimum atomic E-state index is 0.567. The van der Waals surface area contributed by atoms with Crippen LogP contribution in [-0.4, -0.2) is 0 Å². The van der Waals surface area contributed by atoms with E-state index in [9.17, 15) is 0 Å². The van der Waals surface area contributed by atoms with E-state index in [0.29, 0.717) is 5.92 Å². The van der Waals surface area contributed by atoms with Gasteiger partial charge in [0, 0.05) is 0 Å². The highest BCUT2D eigenvalue weighted by atomic mass is 14.0. The second-order valence-electron chi connectivity index (χ2n) is 3.82. The zero-order chi connectivity index (χ0) is 10.4. The first-order chi connectivity index (χ1) is 6.02. The fourth-order valence-corrected chi connectivity index (χ4v) is 1.11. The molecule has 0 spiro atoms. The Morgan fingerprint density at radius 3 is 2.15 bits per heavy atom. The van der Waals surface area contributed by atoms with Gasteiger partial charge in [-0.1, -0.05) is 50.6 Å². The summed E-state index contributed by atoms with van der Waals surface area (Å²) in [5.74, 6) is 0.567. The average molecular weight is 178 g/mol. The molecule has 0 N–H and O–H groups in total. The van der Waals surface area contributed by atoms with E-state index < -0.39 is 0 Å².